The monoisotopic (exact) mass is 222 g/mol. The SMILES string of the molecule is Cc1cc2c(cc1C)SCC(CCN)N2. The van der Waals surface area contributed by atoms with Crippen molar-refractivity contribution in [1.29, 1.82) is 0 Å². The molecule has 3 heteroatoms. The number of hydrogen-bond donors (Lipinski definition) is 2. The van der Waals surface area contributed by atoms with Crippen LogP contribution in [0, 0.1) is 13.8 Å². The summed E-state index contributed by atoms with van der Waals surface area (Å²) in [6.45, 7) is 5.09. The lowest BCUT2D eigenvalue weighted by molar-refractivity contribution is 0.718. The van der Waals surface area contributed by atoms with Crippen molar-refractivity contribution >= 4 is 17.4 Å². The van der Waals surface area contributed by atoms with Crippen LogP contribution in [0.1, 0.15) is 17.5 Å². The summed E-state index contributed by atoms with van der Waals surface area (Å²) in [5, 5.41) is 3.57. The molecule has 0 radical (unpaired) electrons. The zero-order chi connectivity index (χ0) is 10.8. The fourth-order valence-electron chi connectivity index (χ4n) is 1.83. The van der Waals surface area contributed by atoms with Crippen LogP contribution in [0.4, 0.5) is 5.69 Å². The lowest BCUT2D eigenvalue weighted by Crippen LogP contribution is -2.28. The molecule has 1 aliphatic rings. The van der Waals surface area contributed by atoms with Crippen LogP contribution < -0.4 is 11.1 Å². The van der Waals surface area contributed by atoms with Crippen molar-refractivity contribution in [2.24, 2.45) is 5.73 Å². The number of benzene rings is 1. The second-order valence-corrected chi connectivity index (χ2v) is 5.22. The van der Waals surface area contributed by atoms with E-state index in [0.29, 0.717) is 6.04 Å². The fraction of sp³-hybridized carbons (Fsp3) is 0.500. The Morgan fingerprint density at radius 3 is 2.87 bits per heavy atom. The van der Waals surface area contributed by atoms with Crippen LogP contribution in [0.5, 0.6) is 0 Å². The number of fused-ring (bicyclic) bond motifs is 1. The van der Waals surface area contributed by atoms with E-state index < -0.39 is 0 Å². The van der Waals surface area contributed by atoms with Crippen LogP contribution in [0.15, 0.2) is 17.0 Å². The zero-order valence-electron chi connectivity index (χ0n) is 9.34. The summed E-state index contributed by atoms with van der Waals surface area (Å²) in [7, 11) is 0. The highest BCUT2D eigenvalue weighted by Gasteiger charge is 2.17. The molecule has 3 N–H and O–H groups in total. The molecule has 2 rings (SSSR count). The van der Waals surface area contributed by atoms with E-state index in [4.69, 9.17) is 5.73 Å². The van der Waals surface area contributed by atoms with Gasteiger partial charge in [-0.2, -0.15) is 0 Å². The van der Waals surface area contributed by atoms with Gasteiger partial charge in [0.2, 0.25) is 0 Å². The molecule has 0 saturated carbocycles. The molecule has 0 fully saturated rings. The number of aryl methyl sites for hydroxylation is 2. The summed E-state index contributed by atoms with van der Waals surface area (Å²) < 4.78 is 0. The molecule has 1 unspecified atom stereocenters. The van der Waals surface area contributed by atoms with Crippen molar-refractivity contribution in [3.05, 3.63) is 23.3 Å². The lowest BCUT2D eigenvalue weighted by Gasteiger charge is -2.27. The third-order valence-corrected chi connectivity index (χ3v) is 4.13. The summed E-state index contributed by atoms with van der Waals surface area (Å²) in [6.07, 6.45) is 1.05. The molecule has 1 atom stereocenters. The van der Waals surface area contributed by atoms with Gasteiger partial charge < -0.3 is 11.1 Å². The maximum absolute atomic E-state index is 5.58. The van der Waals surface area contributed by atoms with E-state index in [1.54, 1.807) is 0 Å². The molecule has 15 heavy (non-hydrogen) atoms. The van der Waals surface area contributed by atoms with E-state index in [2.05, 4.69) is 31.3 Å². The maximum atomic E-state index is 5.58. The molecule has 0 bridgehead atoms. The Hall–Kier alpha value is -0.670. The quantitative estimate of drug-likeness (QED) is 0.807. The fourth-order valence-corrected chi connectivity index (χ4v) is 2.99. The van der Waals surface area contributed by atoms with Crippen molar-refractivity contribution in [3.8, 4) is 0 Å². The van der Waals surface area contributed by atoms with Crippen molar-refractivity contribution in [2.75, 3.05) is 17.6 Å². The summed E-state index contributed by atoms with van der Waals surface area (Å²) in [4.78, 5) is 1.38. The van der Waals surface area contributed by atoms with Gasteiger partial charge in [-0.1, -0.05) is 0 Å². The van der Waals surface area contributed by atoms with Crippen LogP contribution in [-0.4, -0.2) is 18.3 Å². The van der Waals surface area contributed by atoms with Gasteiger partial charge in [-0.05, 0) is 50.1 Å². The number of nitrogens with one attached hydrogen (secondary N) is 1. The largest absolute Gasteiger partial charge is 0.381 e. The van der Waals surface area contributed by atoms with Gasteiger partial charge in [0.15, 0.2) is 0 Å². The Morgan fingerprint density at radius 1 is 1.40 bits per heavy atom. The number of anilines is 1. The van der Waals surface area contributed by atoms with Crippen molar-refractivity contribution in [3.63, 3.8) is 0 Å². The van der Waals surface area contributed by atoms with Crippen molar-refractivity contribution in [1.82, 2.24) is 0 Å². The van der Waals surface area contributed by atoms with Gasteiger partial charge in [-0.25, -0.2) is 0 Å². The lowest BCUT2D eigenvalue weighted by atomic mass is 10.1. The van der Waals surface area contributed by atoms with Crippen LogP contribution >= 0.6 is 11.8 Å². The number of rotatable bonds is 2. The Labute approximate surface area is 95.6 Å². The highest BCUT2D eigenvalue weighted by Crippen LogP contribution is 2.35. The molecule has 0 saturated heterocycles. The molecule has 0 spiro atoms. The number of thioether (sulfide) groups is 1. The van der Waals surface area contributed by atoms with E-state index in [9.17, 15) is 0 Å². The van der Waals surface area contributed by atoms with Gasteiger partial charge in [0.05, 0.1) is 0 Å². The van der Waals surface area contributed by atoms with Crippen molar-refractivity contribution < 1.29 is 0 Å². The van der Waals surface area contributed by atoms with E-state index in [1.165, 1.54) is 21.7 Å². The second kappa shape index (κ2) is 4.45. The van der Waals surface area contributed by atoms with Gasteiger partial charge in [0.1, 0.15) is 0 Å². The molecular weight excluding hydrogens is 204 g/mol. The molecule has 1 aromatic rings. The average Bonchev–Trinajstić information content (AvgIpc) is 2.21. The summed E-state index contributed by atoms with van der Waals surface area (Å²) in [5.74, 6) is 1.13. The third kappa shape index (κ3) is 2.29. The Balaban J connectivity index is 2.22. The van der Waals surface area contributed by atoms with E-state index in [0.717, 1.165) is 18.7 Å². The molecule has 1 aliphatic heterocycles. The Morgan fingerprint density at radius 2 is 2.13 bits per heavy atom. The topological polar surface area (TPSA) is 38.0 Å². The highest BCUT2D eigenvalue weighted by molar-refractivity contribution is 7.99. The van der Waals surface area contributed by atoms with E-state index in [1.807, 2.05) is 11.8 Å². The molecule has 0 aliphatic carbocycles. The first-order chi connectivity index (χ1) is 7.20. The van der Waals surface area contributed by atoms with Crippen LogP contribution in [0.25, 0.3) is 0 Å². The number of nitrogens with two attached hydrogens (primary N) is 1. The van der Waals surface area contributed by atoms with E-state index in [-0.39, 0.29) is 0 Å². The first-order valence-corrected chi connectivity index (χ1v) is 6.40. The van der Waals surface area contributed by atoms with E-state index >= 15 is 0 Å². The first kappa shape index (κ1) is 10.8. The summed E-state index contributed by atoms with van der Waals surface area (Å²) >= 11 is 1.94. The van der Waals surface area contributed by atoms with Crippen molar-refractivity contribution in [2.45, 2.75) is 31.2 Å². The van der Waals surface area contributed by atoms with Crippen LogP contribution in [0.2, 0.25) is 0 Å². The van der Waals surface area contributed by atoms with Gasteiger partial charge in [-0.15, -0.1) is 11.8 Å². The molecule has 0 amide bonds. The molecule has 0 aromatic heterocycles. The van der Waals surface area contributed by atoms with Crippen LogP contribution in [-0.2, 0) is 0 Å². The molecule has 2 nitrogen and oxygen atoms in total. The molecule has 1 heterocycles. The minimum atomic E-state index is 0.537. The maximum Gasteiger partial charge on any atom is 0.0483 e. The normalized spacial score (nSPS) is 19.5. The Kier molecular flexibility index (Phi) is 3.22. The zero-order valence-corrected chi connectivity index (χ0v) is 10.2. The van der Waals surface area contributed by atoms with Crippen LogP contribution in [0.3, 0.4) is 0 Å². The minimum absolute atomic E-state index is 0.537. The van der Waals surface area contributed by atoms with Gasteiger partial charge in [0.25, 0.3) is 0 Å². The highest BCUT2D eigenvalue weighted by atomic mass is 32.2. The average molecular weight is 222 g/mol. The number of hydrogen-bond acceptors (Lipinski definition) is 3. The van der Waals surface area contributed by atoms with Gasteiger partial charge in [0, 0.05) is 22.4 Å². The Bertz CT molecular complexity index is 363. The third-order valence-electron chi connectivity index (χ3n) is 2.91. The molecule has 82 valence electrons. The van der Waals surface area contributed by atoms with Gasteiger partial charge >= 0.3 is 0 Å². The predicted octanol–water partition coefficient (Wildman–Crippen LogP) is 2.54. The molecular formula is C12H18N2S. The summed E-state index contributed by atoms with van der Waals surface area (Å²) in [5.41, 5.74) is 9.60. The molecule has 1 aromatic carbocycles. The first-order valence-electron chi connectivity index (χ1n) is 5.41. The van der Waals surface area contributed by atoms with Gasteiger partial charge in [-0.3, -0.25) is 0 Å². The summed E-state index contributed by atoms with van der Waals surface area (Å²) in [6, 6.07) is 5.07. The minimum Gasteiger partial charge on any atom is -0.381 e. The standard InChI is InChI=1S/C12H18N2S/c1-8-5-11-12(6-9(8)2)15-7-10(14-11)3-4-13/h5-6,10,14H,3-4,7,13H2,1-2H3. The predicted molar refractivity (Wildman–Crippen MR) is 67.7 cm³/mol. The smallest absolute Gasteiger partial charge is 0.0483 e. The second-order valence-electron chi connectivity index (χ2n) is 4.16.